The third-order valence-corrected chi connectivity index (χ3v) is 4.26. The van der Waals surface area contributed by atoms with E-state index >= 15 is 0 Å². The van der Waals surface area contributed by atoms with Gasteiger partial charge in [0, 0.05) is 11.6 Å². The summed E-state index contributed by atoms with van der Waals surface area (Å²) in [5.41, 5.74) is 0.284. The SMILES string of the molecule is O=C(NCC(F)(F)F)c1ccc(-n2cc(C(=O)NC3CC3)nn2)c(OCCOCCF)c1. The Bertz CT molecular complexity index is 946. The highest BCUT2D eigenvalue weighted by Gasteiger charge is 2.28. The molecular formula is C19H21F4N5O4. The minimum atomic E-state index is -4.55. The van der Waals surface area contributed by atoms with Crippen LogP contribution in [0.5, 0.6) is 5.75 Å². The molecule has 2 amide bonds. The summed E-state index contributed by atoms with van der Waals surface area (Å²) in [6.07, 6.45) is -1.38. The zero-order chi connectivity index (χ0) is 23.1. The molecule has 9 nitrogen and oxygen atoms in total. The lowest BCUT2D eigenvalue weighted by Gasteiger charge is -2.14. The zero-order valence-electron chi connectivity index (χ0n) is 16.8. The molecule has 1 aromatic carbocycles. The van der Waals surface area contributed by atoms with E-state index in [4.69, 9.17) is 9.47 Å². The number of hydrogen-bond acceptors (Lipinski definition) is 6. The number of carbonyl (C=O) groups is 2. The van der Waals surface area contributed by atoms with E-state index in [1.807, 2.05) is 0 Å². The summed E-state index contributed by atoms with van der Waals surface area (Å²) in [4.78, 5) is 24.2. The third kappa shape index (κ3) is 6.90. The molecule has 2 N–H and O–H groups in total. The van der Waals surface area contributed by atoms with E-state index in [1.165, 1.54) is 29.1 Å². The monoisotopic (exact) mass is 459 g/mol. The predicted octanol–water partition coefficient (Wildman–Crippen LogP) is 1.82. The molecule has 3 rings (SSSR count). The topological polar surface area (TPSA) is 107 Å². The Morgan fingerprint density at radius 1 is 1.16 bits per heavy atom. The normalized spacial score (nSPS) is 13.6. The summed E-state index contributed by atoms with van der Waals surface area (Å²) in [6.45, 7) is -2.24. The quantitative estimate of drug-likeness (QED) is 0.392. The van der Waals surface area contributed by atoms with Crippen LogP contribution in [0.15, 0.2) is 24.4 Å². The summed E-state index contributed by atoms with van der Waals surface area (Å²) >= 11 is 0. The Kier molecular flexibility index (Phi) is 7.62. The Labute approximate surface area is 180 Å². The van der Waals surface area contributed by atoms with Crippen LogP contribution in [0.2, 0.25) is 0 Å². The Hall–Kier alpha value is -3.22. The molecule has 0 atom stereocenters. The van der Waals surface area contributed by atoms with Crippen molar-refractivity contribution in [1.82, 2.24) is 25.6 Å². The molecule has 2 aromatic rings. The van der Waals surface area contributed by atoms with E-state index in [2.05, 4.69) is 15.6 Å². The molecule has 0 radical (unpaired) electrons. The van der Waals surface area contributed by atoms with Crippen LogP contribution in [0.3, 0.4) is 0 Å². The molecule has 1 fully saturated rings. The molecule has 0 saturated heterocycles. The van der Waals surface area contributed by atoms with Gasteiger partial charge in [-0.25, -0.2) is 9.07 Å². The lowest BCUT2D eigenvalue weighted by molar-refractivity contribution is -0.123. The maximum atomic E-state index is 12.4. The van der Waals surface area contributed by atoms with E-state index < -0.39 is 25.3 Å². The summed E-state index contributed by atoms with van der Waals surface area (Å²) in [5, 5.41) is 12.3. The number of carbonyl (C=O) groups excluding carboxylic acids is 2. The number of rotatable bonds is 11. The van der Waals surface area contributed by atoms with Crippen LogP contribution in [0, 0.1) is 0 Å². The largest absolute Gasteiger partial charge is 0.489 e. The lowest BCUT2D eigenvalue weighted by Crippen LogP contribution is -2.33. The average Bonchev–Trinajstić information content (AvgIpc) is 3.42. The zero-order valence-corrected chi connectivity index (χ0v) is 16.8. The highest BCUT2D eigenvalue weighted by molar-refractivity contribution is 5.95. The number of alkyl halides is 4. The van der Waals surface area contributed by atoms with Gasteiger partial charge in [0.25, 0.3) is 11.8 Å². The van der Waals surface area contributed by atoms with Crippen molar-refractivity contribution in [2.75, 3.05) is 33.0 Å². The first-order valence-electron chi connectivity index (χ1n) is 9.76. The third-order valence-electron chi connectivity index (χ3n) is 4.26. The van der Waals surface area contributed by atoms with E-state index in [0.717, 1.165) is 12.8 Å². The minimum absolute atomic E-state index is 0.0235. The summed E-state index contributed by atoms with van der Waals surface area (Å²) in [7, 11) is 0. The summed E-state index contributed by atoms with van der Waals surface area (Å²) in [5.74, 6) is -1.24. The molecule has 1 saturated carbocycles. The van der Waals surface area contributed by atoms with Crippen molar-refractivity contribution >= 4 is 11.8 Å². The van der Waals surface area contributed by atoms with Gasteiger partial charge in [-0.3, -0.25) is 9.59 Å². The second-order valence-electron chi connectivity index (χ2n) is 6.93. The first kappa shape index (κ1) is 23.4. The van der Waals surface area contributed by atoms with Gasteiger partial charge >= 0.3 is 6.18 Å². The second kappa shape index (κ2) is 10.4. The summed E-state index contributed by atoms with van der Waals surface area (Å²) < 4.78 is 61.1. The van der Waals surface area contributed by atoms with Gasteiger partial charge < -0.3 is 20.1 Å². The molecule has 0 aliphatic heterocycles. The standard InChI is InChI=1S/C19H21F4N5O4/c20-5-6-31-7-8-32-16-9-12(17(29)24-11-19(21,22)23)1-4-15(16)28-10-14(26-27-28)18(30)25-13-2-3-13/h1,4,9-10,13H,2-3,5-8,11H2,(H,24,29)(H,25,30). The molecule has 0 unspecified atom stereocenters. The van der Waals surface area contributed by atoms with Crippen molar-refractivity contribution in [2.45, 2.75) is 25.1 Å². The molecule has 174 valence electrons. The minimum Gasteiger partial charge on any atom is -0.489 e. The van der Waals surface area contributed by atoms with Crippen molar-refractivity contribution in [3.05, 3.63) is 35.7 Å². The first-order chi connectivity index (χ1) is 15.3. The highest BCUT2D eigenvalue weighted by atomic mass is 19.4. The first-order valence-corrected chi connectivity index (χ1v) is 9.76. The molecule has 13 heteroatoms. The van der Waals surface area contributed by atoms with Gasteiger partial charge in [0.1, 0.15) is 31.3 Å². The molecule has 0 bridgehead atoms. The predicted molar refractivity (Wildman–Crippen MR) is 103 cm³/mol. The Morgan fingerprint density at radius 3 is 2.62 bits per heavy atom. The number of amides is 2. The molecule has 0 spiro atoms. The van der Waals surface area contributed by atoms with Crippen molar-refractivity contribution in [2.24, 2.45) is 0 Å². The summed E-state index contributed by atoms with van der Waals surface area (Å²) in [6, 6.07) is 4.06. The van der Waals surface area contributed by atoms with Crippen LogP contribution in [0.4, 0.5) is 17.6 Å². The maximum absolute atomic E-state index is 12.4. The number of halogens is 4. The fraction of sp³-hybridized carbons (Fsp3) is 0.474. The molecular weight excluding hydrogens is 438 g/mol. The van der Waals surface area contributed by atoms with Crippen LogP contribution >= 0.6 is 0 Å². The molecule has 1 heterocycles. The average molecular weight is 459 g/mol. The van der Waals surface area contributed by atoms with Gasteiger partial charge in [-0.05, 0) is 31.0 Å². The van der Waals surface area contributed by atoms with Crippen LogP contribution < -0.4 is 15.4 Å². The highest BCUT2D eigenvalue weighted by Crippen LogP contribution is 2.25. The van der Waals surface area contributed by atoms with E-state index in [9.17, 15) is 27.2 Å². The molecule has 1 aliphatic rings. The smallest absolute Gasteiger partial charge is 0.405 e. The van der Waals surface area contributed by atoms with E-state index in [1.54, 1.807) is 5.32 Å². The fourth-order valence-electron chi connectivity index (χ4n) is 2.58. The number of hydrogen-bond donors (Lipinski definition) is 2. The van der Waals surface area contributed by atoms with Crippen LogP contribution in [0.1, 0.15) is 33.7 Å². The molecule has 32 heavy (non-hydrogen) atoms. The van der Waals surface area contributed by atoms with Crippen LogP contribution in [0.25, 0.3) is 5.69 Å². The number of aromatic nitrogens is 3. The van der Waals surface area contributed by atoms with Gasteiger partial charge in [0.05, 0.1) is 19.4 Å². The number of benzene rings is 1. The van der Waals surface area contributed by atoms with E-state index in [-0.39, 0.29) is 48.8 Å². The van der Waals surface area contributed by atoms with Crippen molar-refractivity contribution in [3.8, 4) is 11.4 Å². The fourth-order valence-corrected chi connectivity index (χ4v) is 2.58. The van der Waals surface area contributed by atoms with Crippen molar-refractivity contribution < 1.29 is 36.6 Å². The van der Waals surface area contributed by atoms with Gasteiger partial charge in [-0.2, -0.15) is 13.2 Å². The maximum Gasteiger partial charge on any atom is 0.405 e. The number of ether oxygens (including phenoxy) is 2. The van der Waals surface area contributed by atoms with E-state index in [0.29, 0.717) is 5.69 Å². The van der Waals surface area contributed by atoms with Crippen molar-refractivity contribution in [3.63, 3.8) is 0 Å². The Morgan fingerprint density at radius 2 is 1.94 bits per heavy atom. The molecule has 1 aromatic heterocycles. The second-order valence-corrected chi connectivity index (χ2v) is 6.93. The molecule has 1 aliphatic carbocycles. The Balaban J connectivity index is 1.77. The van der Waals surface area contributed by atoms with Gasteiger partial charge in [0.15, 0.2) is 5.69 Å². The van der Waals surface area contributed by atoms with Crippen LogP contribution in [-0.4, -0.2) is 72.1 Å². The number of nitrogens with one attached hydrogen (secondary N) is 2. The van der Waals surface area contributed by atoms with Gasteiger partial charge in [0.2, 0.25) is 0 Å². The van der Waals surface area contributed by atoms with Gasteiger partial charge in [-0.1, -0.05) is 5.21 Å². The van der Waals surface area contributed by atoms with Gasteiger partial charge in [-0.15, -0.1) is 5.10 Å². The van der Waals surface area contributed by atoms with Crippen molar-refractivity contribution in [1.29, 1.82) is 0 Å². The lowest BCUT2D eigenvalue weighted by atomic mass is 10.1. The number of nitrogens with zero attached hydrogens (tertiary/aromatic N) is 3. The van der Waals surface area contributed by atoms with Crippen LogP contribution in [-0.2, 0) is 4.74 Å².